The van der Waals surface area contributed by atoms with E-state index in [0.717, 1.165) is 17.0 Å². The van der Waals surface area contributed by atoms with Crippen LogP contribution in [-0.4, -0.2) is 44.3 Å². The third kappa shape index (κ3) is 5.58. The zero-order valence-corrected chi connectivity index (χ0v) is 18.9. The Morgan fingerprint density at radius 2 is 1.59 bits per heavy atom. The minimum atomic E-state index is -4.81. The Morgan fingerprint density at radius 1 is 1.03 bits per heavy atom. The largest absolute Gasteiger partial charge is 0.573 e. The molecule has 4 aromatic rings. The molecule has 0 saturated heterocycles. The highest BCUT2D eigenvalue weighted by Crippen LogP contribution is 2.30. The number of halogens is 3. The van der Waals surface area contributed by atoms with Crippen LogP contribution in [0.1, 0.15) is 0 Å². The standard InChI is InChI=1S/C23H17F3N6O5/c1-27-21-28-20(29-31(21)17-10-12-19(13-11-17)37-23(24,25)26)14-2-4-15(5-3-14)30(22(33)34)16-6-8-18(9-7-16)32(35)36/h2-13H,1H3,(H,33,34)(H,27,28,29). The first-order valence-electron chi connectivity index (χ1n) is 10.4. The second kappa shape index (κ2) is 9.85. The highest BCUT2D eigenvalue weighted by molar-refractivity contribution is 5.95. The third-order valence-corrected chi connectivity index (χ3v) is 5.04. The van der Waals surface area contributed by atoms with Crippen LogP contribution in [0.15, 0.2) is 72.8 Å². The number of alkyl halides is 3. The van der Waals surface area contributed by atoms with E-state index in [-0.39, 0.29) is 28.6 Å². The molecule has 0 saturated carbocycles. The third-order valence-electron chi connectivity index (χ3n) is 5.04. The summed E-state index contributed by atoms with van der Waals surface area (Å²) < 4.78 is 42.5. The molecular weight excluding hydrogens is 497 g/mol. The quantitative estimate of drug-likeness (QED) is 0.240. The molecule has 1 heterocycles. The summed E-state index contributed by atoms with van der Waals surface area (Å²) in [6.07, 6.45) is -6.10. The van der Waals surface area contributed by atoms with Crippen LogP contribution in [0, 0.1) is 10.1 Å². The molecule has 1 aromatic heterocycles. The van der Waals surface area contributed by atoms with Crippen LogP contribution in [0.5, 0.6) is 5.75 Å². The summed E-state index contributed by atoms with van der Waals surface area (Å²) >= 11 is 0. The van der Waals surface area contributed by atoms with Crippen LogP contribution in [0.25, 0.3) is 17.1 Å². The van der Waals surface area contributed by atoms with Crippen molar-refractivity contribution in [1.82, 2.24) is 14.8 Å². The number of nitrogens with zero attached hydrogens (tertiary/aromatic N) is 5. The van der Waals surface area contributed by atoms with Crippen LogP contribution in [0.2, 0.25) is 0 Å². The topological polar surface area (TPSA) is 136 Å². The van der Waals surface area contributed by atoms with Crippen molar-refractivity contribution in [2.45, 2.75) is 6.36 Å². The number of rotatable bonds is 7. The van der Waals surface area contributed by atoms with Crippen LogP contribution >= 0.6 is 0 Å². The molecule has 3 aromatic carbocycles. The van der Waals surface area contributed by atoms with E-state index in [1.807, 2.05) is 0 Å². The first kappa shape index (κ1) is 25.0. The van der Waals surface area contributed by atoms with Gasteiger partial charge in [0.05, 0.1) is 22.0 Å². The number of hydrogen-bond acceptors (Lipinski definition) is 7. The van der Waals surface area contributed by atoms with Crippen molar-refractivity contribution in [3.8, 4) is 22.8 Å². The lowest BCUT2D eigenvalue weighted by Gasteiger charge is -2.19. The minimum Gasteiger partial charge on any atom is -0.464 e. The van der Waals surface area contributed by atoms with Gasteiger partial charge in [0.2, 0.25) is 5.95 Å². The summed E-state index contributed by atoms with van der Waals surface area (Å²) in [6.45, 7) is 0. The molecule has 14 heteroatoms. The van der Waals surface area contributed by atoms with Crippen molar-refractivity contribution in [2.75, 3.05) is 17.3 Å². The van der Waals surface area contributed by atoms with Crippen LogP contribution in [0.4, 0.5) is 41.0 Å². The van der Waals surface area contributed by atoms with E-state index in [1.165, 1.54) is 53.2 Å². The normalized spacial score (nSPS) is 11.1. The van der Waals surface area contributed by atoms with Gasteiger partial charge in [0.1, 0.15) is 5.75 Å². The zero-order valence-electron chi connectivity index (χ0n) is 18.9. The van der Waals surface area contributed by atoms with Crippen LogP contribution in [-0.2, 0) is 0 Å². The van der Waals surface area contributed by atoms with Gasteiger partial charge in [-0.2, -0.15) is 9.67 Å². The molecule has 0 fully saturated rings. The molecule has 0 bridgehead atoms. The van der Waals surface area contributed by atoms with Crippen molar-refractivity contribution in [3.05, 3.63) is 82.9 Å². The Labute approximate surface area is 206 Å². The van der Waals surface area contributed by atoms with E-state index in [9.17, 15) is 33.2 Å². The van der Waals surface area contributed by atoms with Gasteiger partial charge in [0, 0.05) is 24.7 Å². The number of nitro groups is 1. The van der Waals surface area contributed by atoms with E-state index in [2.05, 4.69) is 20.1 Å². The number of carboxylic acid groups (broad SMARTS) is 1. The number of non-ortho nitro benzene ring substituents is 1. The summed E-state index contributed by atoms with van der Waals surface area (Å²) in [7, 11) is 1.60. The van der Waals surface area contributed by atoms with Crippen molar-refractivity contribution < 1.29 is 32.7 Å². The Balaban J connectivity index is 1.60. The van der Waals surface area contributed by atoms with E-state index >= 15 is 0 Å². The Hall–Kier alpha value is -5.14. The number of amides is 1. The van der Waals surface area contributed by atoms with Crippen molar-refractivity contribution >= 4 is 29.1 Å². The predicted molar refractivity (Wildman–Crippen MR) is 126 cm³/mol. The number of anilines is 3. The molecular formula is C23H17F3N6O5. The average Bonchev–Trinajstić information content (AvgIpc) is 3.29. The summed E-state index contributed by atoms with van der Waals surface area (Å²) in [5, 5.41) is 27.8. The smallest absolute Gasteiger partial charge is 0.464 e. The maximum absolute atomic E-state index is 12.4. The number of carbonyl (C=O) groups is 1. The molecule has 1 amide bonds. The summed E-state index contributed by atoms with van der Waals surface area (Å²) in [4.78, 5) is 27.5. The molecule has 0 unspecified atom stereocenters. The highest BCUT2D eigenvalue weighted by Gasteiger charge is 2.31. The maximum Gasteiger partial charge on any atom is 0.573 e. The van der Waals surface area contributed by atoms with Gasteiger partial charge in [-0.3, -0.25) is 10.1 Å². The number of aromatic nitrogens is 3. The first-order valence-corrected chi connectivity index (χ1v) is 10.4. The molecule has 0 aliphatic rings. The van der Waals surface area contributed by atoms with Crippen LogP contribution in [0.3, 0.4) is 0 Å². The number of ether oxygens (including phenoxy) is 1. The molecule has 37 heavy (non-hydrogen) atoms. The fourth-order valence-electron chi connectivity index (χ4n) is 3.42. The molecule has 0 aliphatic heterocycles. The second-order valence-electron chi connectivity index (χ2n) is 7.40. The predicted octanol–water partition coefficient (Wildman–Crippen LogP) is 5.60. The van der Waals surface area contributed by atoms with E-state index in [0.29, 0.717) is 17.2 Å². The molecule has 4 rings (SSSR count). The second-order valence-corrected chi connectivity index (χ2v) is 7.40. The van der Waals surface area contributed by atoms with Gasteiger partial charge in [-0.15, -0.1) is 18.3 Å². The lowest BCUT2D eigenvalue weighted by molar-refractivity contribution is -0.384. The maximum atomic E-state index is 12.4. The minimum absolute atomic E-state index is 0.172. The van der Waals surface area contributed by atoms with E-state index in [1.54, 1.807) is 19.2 Å². The van der Waals surface area contributed by atoms with Crippen molar-refractivity contribution in [2.24, 2.45) is 0 Å². The van der Waals surface area contributed by atoms with Gasteiger partial charge < -0.3 is 15.2 Å². The molecule has 0 aliphatic carbocycles. The number of nitro benzene ring substituents is 1. The Morgan fingerprint density at radius 3 is 2.08 bits per heavy atom. The Bertz CT molecular complexity index is 1420. The first-order chi connectivity index (χ1) is 17.6. The lowest BCUT2D eigenvalue weighted by Crippen LogP contribution is -2.23. The molecule has 2 N–H and O–H groups in total. The highest BCUT2D eigenvalue weighted by atomic mass is 19.4. The molecule has 0 spiro atoms. The Kier molecular flexibility index (Phi) is 6.65. The van der Waals surface area contributed by atoms with Crippen LogP contribution < -0.4 is 15.0 Å². The average molecular weight is 514 g/mol. The number of benzene rings is 3. The SMILES string of the molecule is CNc1nc(-c2ccc(N(C(=O)O)c3ccc([N+](=O)[O-])cc3)cc2)nn1-c1ccc(OC(F)(F)F)cc1. The lowest BCUT2D eigenvalue weighted by atomic mass is 10.1. The van der Waals surface area contributed by atoms with Gasteiger partial charge in [0.15, 0.2) is 5.82 Å². The summed E-state index contributed by atoms with van der Waals surface area (Å²) in [6, 6.07) is 16.4. The fraction of sp³-hybridized carbons (Fsp3) is 0.0870. The molecule has 0 radical (unpaired) electrons. The summed E-state index contributed by atoms with van der Waals surface area (Å²) in [5.41, 5.74) is 1.27. The van der Waals surface area contributed by atoms with Gasteiger partial charge >= 0.3 is 12.5 Å². The number of nitrogens with one attached hydrogen (secondary N) is 1. The molecule has 11 nitrogen and oxygen atoms in total. The van der Waals surface area contributed by atoms with E-state index in [4.69, 9.17) is 0 Å². The summed E-state index contributed by atoms with van der Waals surface area (Å²) in [5.74, 6) is 0.194. The fourth-order valence-corrected chi connectivity index (χ4v) is 3.42. The van der Waals surface area contributed by atoms with Crippen molar-refractivity contribution in [1.29, 1.82) is 0 Å². The molecule has 190 valence electrons. The van der Waals surface area contributed by atoms with Gasteiger partial charge in [0.25, 0.3) is 5.69 Å². The van der Waals surface area contributed by atoms with Gasteiger partial charge in [-0.1, -0.05) is 0 Å². The zero-order chi connectivity index (χ0) is 26.7. The van der Waals surface area contributed by atoms with E-state index < -0.39 is 17.4 Å². The number of hydrogen-bond donors (Lipinski definition) is 2. The van der Waals surface area contributed by atoms with Crippen molar-refractivity contribution in [3.63, 3.8) is 0 Å². The van der Waals surface area contributed by atoms with Gasteiger partial charge in [-0.05, 0) is 60.7 Å². The van der Waals surface area contributed by atoms with Gasteiger partial charge in [-0.25, -0.2) is 9.69 Å². The molecule has 0 atom stereocenters. The monoisotopic (exact) mass is 514 g/mol.